The van der Waals surface area contributed by atoms with Gasteiger partial charge in [-0.2, -0.15) is 0 Å². The van der Waals surface area contributed by atoms with E-state index in [1.54, 1.807) is 0 Å². The molecule has 0 saturated carbocycles. The molecule has 0 amide bonds. The van der Waals surface area contributed by atoms with Gasteiger partial charge in [0, 0.05) is 0 Å². The van der Waals surface area contributed by atoms with Crippen LogP contribution < -0.4 is 0 Å². The van der Waals surface area contributed by atoms with Crippen molar-refractivity contribution in [2.24, 2.45) is 0 Å². The molecule has 0 spiro atoms. The van der Waals surface area contributed by atoms with Gasteiger partial charge < -0.3 is 0 Å². The quantitative estimate of drug-likeness (QED) is 0.146. The highest BCUT2D eigenvalue weighted by Crippen LogP contribution is 2.16. The van der Waals surface area contributed by atoms with E-state index in [9.17, 15) is 0 Å². The monoisotopic (exact) mass is 617 g/mol. The van der Waals surface area contributed by atoms with Crippen molar-refractivity contribution in [3.63, 3.8) is 0 Å². The van der Waals surface area contributed by atoms with E-state index < -0.39 is 0 Å². The zero-order valence-electron chi connectivity index (χ0n) is 31.0. The molecule has 0 bridgehead atoms. The summed E-state index contributed by atoms with van der Waals surface area (Å²) in [6.07, 6.45) is 24.6. The Morgan fingerprint density at radius 1 is 0.522 bits per heavy atom. The normalized spacial score (nSPS) is 12.2. The molecule has 0 N–H and O–H groups in total. The maximum Gasteiger partial charge on any atom is -0.0161 e. The minimum atomic E-state index is 1.02. The molecule has 0 atom stereocenters. The van der Waals surface area contributed by atoms with Crippen LogP contribution in [-0.2, 0) is 0 Å². The van der Waals surface area contributed by atoms with E-state index in [0.29, 0.717) is 0 Å². The maximum atomic E-state index is 3.83. The van der Waals surface area contributed by atoms with Gasteiger partial charge in [0.1, 0.15) is 0 Å². The Morgan fingerprint density at radius 2 is 0.935 bits per heavy atom. The summed E-state index contributed by atoms with van der Waals surface area (Å²) in [6.45, 7) is 29.0. The zero-order chi connectivity index (χ0) is 34.7. The number of benzene rings is 2. The van der Waals surface area contributed by atoms with Crippen LogP contribution >= 0.6 is 0 Å². The summed E-state index contributed by atoms with van der Waals surface area (Å²) in [4.78, 5) is 0. The summed E-state index contributed by atoms with van der Waals surface area (Å²) < 4.78 is 0. The van der Waals surface area contributed by atoms with Gasteiger partial charge in [0.15, 0.2) is 0 Å². The highest BCUT2D eigenvalue weighted by molar-refractivity contribution is 5.66. The molecule has 0 radical (unpaired) electrons. The molecule has 0 nitrogen and oxygen atoms in total. The van der Waals surface area contributed by atoms with Gasteiger partial charge >= 0.3 is 0 Å². The molecule has 0 aromatic heterocycles. The molecule has 0 saturated heterocycles. The van der Waals surface area contributed by atoms with Gasteiger partial charge in [-0.1, -0.05) is 161 Å². The SMILES string of the molecule is C=C(C)c1ccccc1.C=C/C(C)=C/C/C=C(\C)CCC=C(C)C.CC(C)=CCC/C(C)=C/C/C=C(C)/C=C(\C)c1ccccc1. The van der Waals surface area contributed by atoms with Crippen molar-refractivity contribution in [3.05, 3.63) is 167 Å². The molecule has 248 valence electrons. The van der Waals surface area contributed by atoms with Crippen LogP contribution in [0.2, 0.25) is 0 Å². The third kappa shape index (κ3) is 24.4. The first kappa shape index (κ1) is 42.1. The second-order valence-electron chi connectivity index (χ2n) is 12.7. The smallest absolute Gasteiger partial charge is 0.0161 e. The van der Waals surface area contributed by atoms with Crippen molar-refractivity contribution in [2.45, 2.75) is 108 Å². The first-order valence-electron chi connectivity index (χ1n) is 16.8. The number of hydrogen-bond donors (Lipinski definition) is 0. The first-order valence-corrected chi connectivity index (χ1v) is 16.8. The molecular formula is C46H64. The minimum absolute atomic E-state index is 1.02. The molecule has 2 aromatic carbocycles. The lowest BCUT2D eigenvalue weighted by Gasteiger charge is -2.02. The molecule has 0 aliphatic heterocycles. The summed E-state index contributed by atoms with van der Waals surface area (Å²) in [5.74, 6) is 0. The van der Waals surface area contributed by atoms with E-state index in [1.807, 2.05) is 31.2 Å². The second-order valence-corrected chi connectivity index (χ2v) is 12.7. The topological polar surface area (TPSA) is 0 Å². The van der Waals surface area contributed by atoms with Crippen molar-refractivity contribution >= 4 is 11.1 Å². The fourth-order valence-corrected chi connectivity index (χ4v) is 4.26. The van der Waals surface area contributed by atoms with E-state index in [2.05, 4.69) is 160 Å². The van der Waals surface area contributed by atoms with Crippen LogP contribution in [0.5, 0.6) is 0 Å². The van der Waals surface area contributed by atoms with Gasteiger partial charge in [-0.25, -0.2) is 0 Å². The summed E-state index contributed by atoms with van der Waals surface area (Å²) in [7, 11) is 0. The summed E-state index contributed by atoms with van der Waals surface area (Å²) in [6, 6.07) is 20.7. The molecule has 2 rings (SSSR count). The predicted molar refractivity (Wildman–Crippen MR) is 213 cm³/mol. The van der Waals surface area contributed by atoms with Gasteiger partial charge in [-0.3, -0.25) is 0 Å². The van der Waals surface area contributed by atoms with Crippen molar-refractivity contribution in [1.29, 1.82) is 0 Å². The van der Waals surface area contributed by atoms with Crippen LogP contribution in [0, 0.1) is 0 Å². The van der Waals surface area contributed by atoms with Crippen LogP contribution in [0.15, 0.2) is 156 Å². The lowest BCUT2D eigenvalue weighted by Crippen LogP contribution is -1.80. The fraction of sp³-hybridized carbons (Fsp3) is 0.348. The molecule has 0 heteroatoms. The van der Waals surface area contributed by atoms with Gasteiger partial charge in [-0.15, -0.1) is 0 Å². The summed E-state index contributed by atoms with van der Waals surface area (Å²) in [5, 5.41) is 0. The van der Waals surface area contributed by atoms with E-state index in [-0.39, 0.29) is 0 Å². The van der Waals surface area contributed by atoms with E-state index in [4.69, 9.17) is 0 Å². The lowest BCUT2D eigenvalue weighted by molar-refractivity contribution is 0.958. The molecule has 0 fully saturated rings. The average molecular weight is 617 g/mol. The molecule has 0 aliphatic rings. The summed E-state index contributed by atoms with van der Waals surface area (Å²) in [5.41, 5.74) is 13.3. The van der Waals surface area contributed by atoms with Crippen LogP contribution in [0.3, 0.4) is 0 Å². The fourth-order valence-electron chi connectivity index (χ4n) is 4.26. The van der Waals surface area contributed by atoms with Crippen molar-refractivity contribution < 1.29 is 0 Å². The van der Waals surface area contributed by atoms with E-state index >= 15 is 0 Å². The maximum absolute atomic E-state index is 3.83. The van der Waals surface area contributed by atoms with Crippen molar-refractivity contribution in [3.8, 4) is 0 Å². The Balaban J connectivity index is 0.000000725. The Labute approximate surface area is 285 Å². The van der Waals surface area contributed by atoms with Crippen molar-refractivity contribution in [1.82, 2.24) is 0 Å². The van der Waals surface area contributed by atoms with Gasteiger partial charge in [0.25, 0.3) is 0 Å². The van der Waals surface area contributed by atoms with Gasteiger partial charge in [0.05, 0.1) is 0 Å². The minimum Gasteiger partial charge on any atom is -0.0988 e. The highest BCUT2D eigenvalue weighted by Gasteiger charge is 1.94. The Bertz CT molecular complexity index is 1350. The van der Waals surface area contributed by atoms with E-state index in [0.717, 1.165) is 37.7 Å². The molecule has 0 unspecified atom stereocenters. The number of allylic oxidation sites excluding steroid dienone is 16. The second kappa shape index (κ2) is 26.3. The Morgan fingerprint density at radius 3 is 1.30 bits per heavy atom. The molecule has 46 heavy (non-hydrogen) atoms. The van der Waals surface area contributed by atoms with Gasteiger partial charge in [-0.05, 0) is 124 Å². The first-order chi connectivity index (χ1) is 21.8. The molecular weight excluding hydrogens is 553 g/mol. The standard InChI is InChI=1S/C22H30.C15H24.C9H10/c1-18(2)11-9-12-19(3)13-10-14-20(4)17-21(5)22-15-7-6-8-16-22;1-6-14(4)10-8-12-15(5)11-7-9-13(2)3;1-8(2)9-6-4-3-5-7-9/h6-8,11,13-17H,9-10,12H2,1-5H3;6,9-10,12H,1,7-8,11H2,2-5H3;3-7H,1H2,2H3/b19-13+,20-14+,21-17+;14-10+,15-12+;. The average Bonchev–Trinajstić information content (AvgIpc) is 3.02. The predicted octanol–water partition coefficient (Wildman–Crippen LogP) is 15.0. The van der Waals surface area contributed by atoms with Crippen LogP contribution in [0.4, 0.5) is 0 Å². The molecule has 0 heterocycles. The van der Waals surface area contributed by atoms with Crippen LogP contribution in [-0.4, -0.2) is 0 Å². The third-order valence-corrected chi connectivity index (χ3v) is 7.26. The Kier molecular flexibility index (Phi) is 24.1. The highest BCUT2D eigenvalue weighted by atomic mass is 14.0. The van der Waals surface area contributed by atoms with E-state index in [1.165, 1.54) is 56.6 Å². The van der Waals surface area contributed by atoms with Crippen molar-refractivity contribution in [2.75, 3.05) is 0 Å². The molecule has 2 aromatic rings. The third-order valence-electron chi connectivity index (χ3n) is 7.26. The number of rotatable bonds is 14. The lowest BCUT2D eigenvalue weighted by atomic mass is 10.0. The van der Waals surface area contributed by atoms with Crippen LogP contribution in [0.1, 0.15) is 119 Å². The zero-order valence-corrected chi connectivity index (χ0v) is 31.0. The van der Waals surface area contributed by atoms with Crippen LogP contribution in [0.25, 0.3) is 11.1 Å². The largest absolute Gasteiger partial charge is 0.0988 e. The number of hydrogen-bond acceptors (Lipinski definition) is 0. The van der Waals surface area contributed by atoms with Gasteiger partial charge in [0.2, 0.25) is 0 Å². The molecule has 0 aliphatic carbocycles. The summed E-state index contributed by atoms with van der Waals surface area (Å²) >= 11 is 0. The Hall–Kier alpha value is -3.90.